The summed E-state index contributed by atoms with van der Waals surface area (Å²) < 4.78 is 0. The molecule has 114 valence electrons. The highest BCUT2D eigenvalue weighted by molar-refractivity contribution is 5.82. The molecular weight excluding hydrogens is 278 g/mol. The fraction of sp³-hybridized carbons (Fsp3) is 0.385. The molecule has 0 aliphatic heterocycles. The van der Waals surface area contributed by atoms with Gasteiger partial charge in [-0.15, -0.1) is 0 Å². The van der Waals surface area contributed by atoms with Gasteiger partial charge in [-0.05, 0) is 18.6 Å². The molecule has 1 rings (SSSR count). The third kappa shape index (κ3) is 5.89. The van der Waals surface area contributed by atoms with Crippen LogP contribution in [0.2, 0.25) is 0 Å². The second-order valence-electron chi connectivity index (χ2n) is 4.45. The maximum Gasteiger partial charge on any atom is 0.326 e. The van der Waals surface area contributed by atoms with Crippen LogP contribution >= 0.6 is 0 Å². The monoisotopic (exact) mass is 295 g/mol. The number of rotatable bonds is 7. The number of nitrogens with zero attached hydrogens (tertiary/aromatic N) is 2. The third-order valence-corrected chi connectivity index (χ3v) is 2.71. The van der Waals surface area contributed by atoms with E-state index in [0.717, 1.165) is 0 Å². The van der Waals surface area contributed by atoms with Crippen LogP contribution in [0, 0.1) is 0 Å². The molecule has 0 aliphatic carbocycles. The Labute approximate surface area is 121 Å². The van der Waals surface area contributed by atoms with Crippen LogP contribution in [0.1, 0.15) is 18.5 Å². The Morgan fingerprint density at radius 3 is 2.57 bits per heavy atom. The Kier molecular flexibility index (Phi) is 6.12. The summed E-state index contributed by atoms with van der Waals surface area (Å²) in [4.78, 5) is 38.7. The number of hydrogen-bond donors (Lipinski definition) is 3. The molecule has 2 amide bonds. The van der Waals surface area contributed by atoms with Crippen molar-refractivity contribution in [3.63, 3.8) is 0 Å². The first-order valence-corrected chi connectivity index (χ1v) is 6.26. The Morgan fingerprint density at radius 2 is 2.05 bits per heavy atom. The number of aliphatic carboxylic acids is 2. The van der Waals surface area contributed by atoms with Crippen LogP contribution in [0.4, 0.5) is 4.79 Å². The van der Waals surface area contributed by atoms with E-state index >= 15 is 0 Å². The number of carboxylic acid groups (broad SMARTS) is 2. The maximum absolute atomic E-state index is 11.9. The van der Waals surface area contributed by atoms with Crippen LogP contribution in [0.5, 0.6) is 0 Å². The van der Waals surface area contributed by atoms with Gasteiger partial charge in [0.2, 0.25) is 0 Å². The predicted octanol–water partition coefficient (Wildman–Crippen LogP) is 0.541. The largest absolute Gasteiger partial charge is 0.481 e. The van der Waals surface area contributed by atoms with Gasteiger partial charge in [0.1, 0.15) is 6.04 Å². The molecule has 0 saturated heterocycles. The molecule has 1 unspecified atom stereocenters. The van der Waals surface area contributed by atoms with E-state index in [-0.39, 0.29) is 19.4 Å². The summed E-state index contributed by atoms with van der Waals surface area (Å²) in [6, 6.07) is 3.43. The number of urea groups is 1. The summed E-state index contributed by atoms with van der Waals surface area (Å²) in [7, 11) is 1.50. The minimum Gasteiger partial charge on any atom is -0.481 e. The van der Waals surface area contributed by atoms with E-state index in [1.54, 1.807) is 24.4 Å². The third-order valence-electron chi connectivity index (χ3n) is 2.71. The lowest BCUT2D eigenvalue weighted by Gasteiger charge is -2.20. The summed E-state index contributed by atoms with van der Waals surface area (Å²) in [5.41, 5.74) is 0.660. The van der Waals surface area contributed by atoms with Crippen molar-refractivity contribution in [1.29, 1.82) is 0 Å². The first-order valence-electron chi connectivity index (χ1n) is 6.26. The lowest BCUT2D eigenvalue weighted by Crippen LogP contribution is -2.46. The van der Waals surface area contributed by atoms with Gasteiger partial charge in [-0.25, -0.2) is 9.59 Å². The number of carbonyl (C=O) groups excluding carboxylic acids is 1. The number of amides is 2. The smallest absolute Gasteiger partial charge is 0.326 e. The molecule has 0 saturated carbocycles. The summed E-state index contributed by atoms with van der Waals surface area (Å²) in [5.74, 6) is -2.38. The van der Waals surface area contributed by atoms with Crippen molar-refractivity contribution in [2.45, 2.75) is 25.4 Å². The number of carboxylic acids is 2. The van der Waals surface area contributed by atoms with Crippen LogP contribution in [-0.2, 0) is 16.1 Å². The molecule has 8 nitrogen and oxygen atoms in total. The van der Waals surface area contributed by atoms with Crippen molar-refractivity contribution in [3.8, 4) is 0 Å². The van der Waals surface area contributed by atoms with E-state index in [1.807, 2.05) is 0 Å². The molecule has 0 spiro atoms. The molecule has 0 aliphatic rings. The quantitative estimate of drug-likeness (QED) is 0.675. The van der Waals surface area contributed by atoms with Gasteiger partial charge in [0.15, 0.2) is 0 Å². The molecule has 0 aromatic carbocycles. The molecular formula is C13H17N3O5. The van der Waals surface area contributed by atoms with Crippen molar-refractivity contribution < 1.29 is 24.6 Å². The highest BCUT2D eigenvalue weighted by Crippen LogP contribution is 2.02. The average molecular weight is 295 g/mol. The fourth-order valence-electron chi connectivity index (χ4n) is 1.59. The van der Waals surface area contributed by atoms with E-state index in [0.29, 0.717) is 5.69 Å². The zero-order chi connectivity index (χ0) is 15.8. The van der Waals surface area contributed by atoms with Crippen LogP contribution in [0.3, 0.4) is 0 Å². The lowest BCUT2D eigenvalue weighted by atomic mass is 10.1. The standard InChI is InChI=1S/C13H17N3O5/c1-16(8-9-4-2-3-7-14-9)13(21)15-10(12(19)20)5-6-11(17)18/h2-4,7,10H,5-6,8H2,1H3,(H,15,21)(H,17,18)(H,19,20). The Morgan fingerprint density at radius 1 is 1.33 bits per heavy atom. The SMILES string of the molecule is CN(Cc1ccccn1)C(=O)NC(CCC(=O)O)C(=O)O. The van der Waals surface area contributed by atoms with E-state index in [9.17, 15) is 14.4 Å². The van der Waals surface area contributed by atoms with Crippen molar-refractivity contribution in [2.75, 3.05) is 7.05 Å². The van der Waals surface area contributed by atoms with Gasteiger partial charge in [-0.3, -0.25) is 9.78 Å². The second-order valence-corrected chi connectivity index (χ2v) is 4.45. The van der Waals surface area contributed by atoms with Gasteiger partial charge in [0.05, 0.1) is 12.2 Å². The Balaban J connectivity index is 2.56. The molecule has 0 fully saturated rings. The fourth-order valence-corrected chi connectivity index (χ4v) is 1.59. The average Bonchev–Trinajstić information content (AvgIpc) is 2.43. The Hall–Kier alpha value is -2.64. The van der Waals surface area contributed by atoms with E-state index in [4.69, 9.17) is 10.2 Å². The van der Waals surface area contributed by atoms with Gasteiger partial charge in [0.25, 0.3) is 0 Å². The lowest BCUT2D eigenvalue weighted by molar-refractivity contribution is -0.140. The van der Waals surface area contributed by atoms with Crippen LogP contribution in [-0.4, -0.2) is 51.2 Å². The number of carbonyl (C=O) groups is 3. The minimum absolute atomic E-state index is 0.173. The molecule has 21 heavy (non-hydrogen) atoms. The van der Waals surface area contributed by atoms with Gasteiger partial charge >= 0.3 is 18.0 Å². The molecule has 1 aromatic heterocycles. The minimum atomic E-state index is -1.27. The maximum atomic E-state index is 11.9. The molecule has 1 atom stereocenters. The summed E-state index contributed by atoms with van der Waals surface area (Å²) >= 11 is 0. The predicted molar refractivity (Wildman–Crippen MR) is 72.5 cm³/mol. The van der Waals surface area contributed by atoms with Crippen molar-refractivity contribution >= 4 is 18.0 Å². The highest BCUT2D eigenvalue weighted by Gasteiger charge is 2.22. The van der Waals surface area contributed by atoms with E-state index < -0.39 is 24.0 Å². The van der Waals surface area contributed by atoms with Gasteiger partial charge in [0, 0.05) is 19.7 Å². The summed E-state index contributed by atoms with van der Waals surface area (Å²) in [6.07, 6.45) is 1.09. The molecule has 0 radical (unpaired) electrons. The first kappa shape index (κ1) is 16.4. The van der Waals surface area contributed by atoms with Crippen LogP contribution in [0.15, 0.2) is 24.4 Å². The van der Waals surface area contributed by atoms with E-state index in [1.165, 1.54) is 11.9 Å². The molecule has 1 heterocycles. The van der Waals surface area contributed by atoms with Crippen molar-refractivity contribution in [3.05, 3.63) is 30.1 Å². The van der Waals surface area contributed by atoms with Crippen molar-refractivity contribution in [2.24, 2.45) is 0 Å². The van der Waals surface area contributed by atoms with Gasteiger partial charge in [-0.1, -0.05) is 6.07 Å². The zero-order valence-corrected chi connectivity index (χ0v) is 11.5. The second kappa shape index (κ2) is 7.83. The van der Waals surface area contributed by atoms with Crippen LogP contribution < -0.4 is 5.32 Å². The molecule has 3 N–H and O–H groups in total. The number of aromatic nitrogens is 1. The normalized spacial score (nSPS) is 11.5. The zero-order valence-electron chi connectivity index (χ0n) is 11.5. The number of nitrogens with one attached hydrogen (secondary N) is 1. The molecule has 8 heteroatoms. The van der Waals surface area contributed by atoms with Crippen LogP contribution in [0.25, 0.3) is 0 Å². The Bertz CT molecular complexity index is 506. The first-order chi connectivity index (χ1) is 9.90. The van der Waals surface area contributed by atoms with Crippen molar-refractivity contribution in [1.82, 2.24) is 15.2 Å². The number of hydrogen-bond acceptors (Lipinski definition) is 4. The summed E-state index contributed by atoms with van der Waals surface area (Å²) in [5, 5.41) is 19.8. The topological polar surface area (TPSA) is 120 Å². The number of pyridine rings is 1. The molecule has 1 aromatic rings. The highest BCUT2D eigenvalue weighted by atomic mass is 16.4. The summed E-state index contributed by atoms with van der Waals surface area (Å²) in [6.45, 7) is 0.220. The molecule has 0 bridgehead atoms. The van der Waals surface area contributed by atoms with E-state index in [2.05, 4.69) is 10.3 Å². The van der Waals surface area contributed by atoms with Gasteiger partial charge < -0.3 is 20.4 Å². The van der Waals surface area contributed by atoms with Gasteiger partial charge in [-0.2, -0.15) is 0 Å².